The SMILES string of the molecule is COc1ccc([N+](=O)[O-])c(C(=O)N2CCN(CCOc3ccccc3Cl)CC2)c1. The van der Waals surface area contributed by atoms with Crippen LogP contribution in [0, 0.1) is 10.1 Å². The van der Waals surface area contributed by atoms with E-state index in [2.05, 4.69) is 4.90 Å². The fraction of sp³-hybridized carbons (Fsp3) is 0.350. The second kappa shape index (κ2) is 9.58. The fourth-order valence-corrected chi connectivity index (χ4v) is 3.35. The summed E-state index contributed by atoms with van der Waals surface area (Å²) < 4.78 is 10.8. The van der Waals surface area contributed by atoms with Crippen molar-refractivity contribution in [3.8, 4) is 11.5 Å². The number of ether oxygens (including phenoxy) is 2. The van der Waals surface area contributed by atoms with Crippen LogP contribution in [0.1, 0.15) is 10.4 Å². The van der Waals surface area contributed by atoms with Gasteiger partial charge in [-0.2, -0.15) is 0 Å². The van der Waals surface area contributed by atoms with Gasteiger partial charge in [-0.1, -0.05) is 23.7 Å². The van der Waals surface area contributed by atoms with E-state index in [9.17, 15) is 14.9 Å². The molecule has 1 amide bonds. The Morgan fingerprint density at radius 2 is 1.90 bits per heavy atom. The average Bonchev–Trinajstić information content (AvgIpc) is 2.74. The Morgan fingerprint density at radius 1 is 1.17 bits per heavy atom. The molecule has 0 atom stereocenters. The van der Waals surface area contributed by atoms with Gasteiger partial charge in [0.15, 0.2) is 0 Å². The molecule has 1 heterocycles. The third kappa shape index (κ3) is 5.16. The molecule has 3 rings (SSSR count). The first-order valence-corrected chi connectivity index (χ1v) is 9.59. The van der Waals surface area contributed by atoms with Gasteiger partial charge in [0.05, 0.1) is 17.1 Å². The molecule has 0 aliphatic carbocycles. The van der Waals surface area contributed by atoms with Crippen LogP contribution in [0.25, 0.3) is 0 Å². The minimum atomic E-state index is -0.547. The molecule has 0 unspecified atom stereocenters. The Hall–Kier alpha value is -2.84. The monoisotopic (exact) mass is 419 g/mol. The minimum absolute atomic E-state index is 0.0462. The number of para-hydroxylation sites is 1. The van der Waals surface area contributed by atoms with E-state index >= 15 is 0 Å². The number of hydrogen-bond donors (Lipinski definition) is 0. The summed E-state index contributed by atoms with van der Waals surface area (Å²) in [5.41, 5.74) is -0.170. The molecule has 1 aliphatic heterocycles. The number of methoxy groups -OCH3 is 1. The van der Waals surface area contributed by atoms with Crippen LogP contribution in [0.5, 0.6) is 11.5 Å². The first-order valence-electron chi connectivity index (χ1n) is 9.21. The lowest BCUT2D eigenvalue weighted by molar-refractivity contribution is -0.385. The molecule has 9 heteroatoms. The standard InChI is InChI=1S/C20H22ClN3O5/c1-28-15-6-7-18(24(26)27)16(14-15)20(25)23-10-8-22(9-11-23)12-13-29-19-5-3-2-4-17(19)21/h2-7,14H,8-13H2,1H3. The maximum atomic E-state index is 12.8. The van der Waals surface area contributed by atoms with Crippen molar-refractivity contribution in [2.45, 2.75) is 0 Å². The Balaban J connectivity index is 1.55. The number of amides is 1. The van der Waals surface area contributed by atoms with Gasteiger partial charge in [-0.15, -0.1) is 0 Å². The lowest BCUT2D eigenvalue weighted by Crippen LogP contribution is -2.49. The zero-order valence-corrected chi connectivity index (χ0v) is 16.8. The van der Waals surface area contributed by atoms with Gasteiger partial charge in [0, 0.05) is 38.8 Å². The van der Waals surface area contributed by atoms with Crippen molar-refractivity contribution in [2.24, 2.45) is 0 Å². The molecule has 1 fully saturated rings. The Bertz CT molecular complexity index is 884. The number of nitro groups is 1. The Kier molecular flexibility index (Phi) is 6.90. The molecule has 0 aromatic heterocycles. The van der Waals surface area contributed by atoms with Crippen LogP contribution in [0.2, 0.25) is 5.02 Å². The van der Waals surface area contributed by atoms with Gasteiger partial charge in [-0.3, -0.25) is 19.8 Å². The summed E-state index contributed by atoms with van der Waals surface area (Å²) in [7, 11) is 1.46. The number of halogens is 1. The molecule has 0 radical (unpaired) electrons. The summed E-state index contributed by atoms with van der Waals surface area (Å²) >= 11 is 6.07. The van der Waals surface area contributed by atoms with Crippen molar-refractivity contribution < 1.29 is 19.2 Å². The van der Waals surface area contributed by atoms with Crippen molar-refractivity contribution in [1.82, 2.24) is 9.80 Å². The Labute approximate surface area is 173 Å². The van der Waals surface area contributed by atoms with Crippen molar-refractivity contribution in [1.29, 1.82) is 0 Å². The minimum Gasteiger partial charge on any atom is -0.497 e. The molecule has 0 spiro atoms. The van der Waals surface area contributed by atoms with Crippen LogP contribution in [0.15, 0.2) is 42.5 Å². The van der Waals surface area contributed by atoms with Gasteiger partial charge in [-0.05, 0) is 24.3 Å². The number of carbonyl (C=O) groups is 1. The van der Waals surface area contributed by atoms with Gasteiger partial charge < -0.3 is 14.4 Å². The van der Waals surface area contributed by atoms with Gasteiger partial charge in [0.25, 0.3) is 11.6 Å². The number of nitro benzene ring substituents is 1. The number of piperazine rings is 1. The summed E-state index contributed by atoms with van der Waals surface area (Å²) in [5, 5.41) is 11.9. The first-order chi connectivity index (χ1) is 14.0. The molecule has 8 nitrogen and oxygen atoms in total. The lowest BCUT2D eigenvalue weighted by atomic mass is 10.1. The number of nitrogens with zero attached hydrogens (tertiary/aromatic N) is 3. The van der Waals surface area contributed by atoms with Crippen molar-refractivity contribution in [3.63, 3.8) is 0 Å². The molecule has 1 aliphatic rings. The smallest absolute Gasteiger partial charge is 0.282 e. The maximum Gasteiger partial charge on any atom is 0.282 e. The molecule has 0 saturated carbocycles. The molecule has 29 heavy (non-hydrogen) atoms. The van der Waals surface area contributed by atoms with E-state index in [-0.39, 0.29) is 17.2 Å². The molecule has 0 bridgehead atoms. The number of hydrogen-bond acceptors (Lipinski definition) is 6. The van der Waals surface area contributed by atoms with Crippen LogP contribution in [0.4, 0.5) is 5.69 Å². The van der Waals surface area contributed by atoms with E-state index in [1.54, 1.807) is 11.0 Å². The zero-order valence-electron chi connectivity index (χ0n) is 16.0. The van der Waals surface area contributed by atoms with Crippen LogP contribution in [-0.2, 0) is 0 Å². The van der Waals surface area contributed by atoms with E-state index in [0.717, 1.165) is 0 Å². The van der Waals surface area contributed by atoms with Crippen LogP contribution < -0.4 is 9.47 Å². The van der Waals surface area contributed by atoms with Gasteiger partial charge in [0.2, 0.25) is 0 Å². The van der Waals surface area contributed by atoms with Crippen molar-refractivity contribution >= 4 is 23.2 Å². The lowest BCUT2D eigenvalue weighted by Gasteiger charge is -2.34. The maximum absolute atomic E-state index is 12.8. The quantitative estimate of drug-likeness (QED) is 0.506. The van der Waals surface area contributed by atoms with Crippen LogP contribution >= 0.6 is 11.6 Å². The van der Waals surface area contributed by atoms with E-state index in [1.807, 2.05) is 18.2 Å². The zero-order chi connectivity index (χ0) is 20.8. The number of rotatable bonds is 7. The topological polar surface area (TPSA) is 85.1 Å². The van der Waals surface area contributed by atoms with E-state index in [4.69, 9.17) is 21.1 Å². The predicted octanol–water partition coefficient (Wildman–Crippen LogP) is 3.09. The molecule has 154 valence electrons. The van der Waals surface area contributed by atoms with Crippen molar-refractivity contribution in [2.75, 3.05) is 46.4 Å². The van der Waals surface area contributed by atoms with Gasteiger partial charge in [-0.25, -0.2) is 0 Å². The third-order valence-electron chi connectivity index (χ3n) is 4.79. The van der Waals surface area contributed by atoms with E-state index in [1.165, 1.54) is 25.3 Å². The van der Waals surface area contributed by atoms with Crippen LogP contribution in [0.3, 0.4) is 0 Å². The Morgan fingerprint density at radius 3 is 2.55 bits per heavy atom. The number of carbonyl (C=O) groups excluding carboxylic acids is 1. The summed E-state index contributed by atoms with van der Waals surface area (Å²) in [5.74, 6) is 0.699. The number of benzene rings is 2. The highest BCUT2D eigenvalue weighted by atomic mass is 35.5. The molecular weight excluding hydrogens is 398 g/mol. The molecule has 2 aromatic carbocycles. The summed E-state index contributed by atoms with van der Waals surface area (Å²) in [4.78, 5) is 27.4. The summed E-state index contributed by atoms with van der Waals surface area (Å²) in [6.45, 7) is 3.48. The molecular formula is C20H22ClN3O5. The summed E-state index contributed by atoms with van der Waals surface area (Å²) in [6.07, 6.45) is 0. The van der Waals surface area contributed by atoms with Gasteiger partial charge in [0.1, 0.15) is 23.7 Å². The van der Waals surface area contributed by atoms with Gasteiger partial charge >= 0.3 is 0 Å². The highest BCUT2D eigenvalue weighted by Crippen LogP contribution is 2.26. The third-order valence-corrected chi connectivity index (χ3v) is 5.10. The highest BCUT2D eigenvalue weighted by molar-refractivity contribution is 6.32. The second-order valence-electron chi connectivity index (χ2n) is 6.55. The fourth-order valence-electron chi connectivity index (χ4n) is 3.16. The second-order valence-corrected chi connectivity index (χ2v) is 6.96. The molecule has 2 aromatic rings. The van der Waals surface area contributed by atoms with Crippen LogP contribution in [-0.4, -0.2) is 67.1 Å². The first kappa shape index (κ1) is 20.9. The highest BCUT2D eigenvalue weighted by Gasteiger charge is 2.28. The van der Waals surface area contributed by atoms with E-state index in [0.29, 0.717) is 55.9 Å². The average molecular weight is 420 g/mol. The summed E-state index contributed by atoms with van der Waals surface area (Å²) in [6, 6.07) is 11.5. The van der Waals surface area contributed by atoms with E-state index < -0.39 is 4.92 Å². The molecule has 1 saturated heterocycles. The molecule has 0 N–H and O–H groups in total. The largest absolute Gasteiger partial charge is 0.497 e. The normalized spacial score (nSPS) is 14.5. The van der Waals surface area contributed by atoms with Crippen molar-refractivity contribution in [3.05, 3.63) is 63.2 Å². The predicted molar refractivity (Wildman–Crippen MR) is 109 cm³/mol.